The number of methoxy groups -OCH3 is 1. The standard InChI is InChI=1S/C18H20ClFN2O4S/c1-11(2)22-27(24,25)14-6-7-17(26-3)16(10-14)21-18(23)8-12-4-5-13(19)9-15(12)20/h4-7,9-11,22H,8H2,1-3H3,(H,21,23). The molecule has 0 spiro atoms. The lowest BCUT2D eigenvalue weighted by Gasteiger charge is -2.14. The second-order valence-corrected chi connectivity index (χ2v) is 8.25. The lowest BCUT2D eigenvalue weighted by atomic mass is 10.1. The van der Waals surface area contributed by atoms with Crippen LogP contribution < -0.4 is 14.8 Å². The number of hydrogen-bond acceptors (Lipinski definition) is 4. The summed E-state index contributed by atoms with van der Waals surface area (Å²) in [5.74, 6) is -0.841. The monoisotopic (exact) mass is 414 g/mol. The third-order valence-electron chi connectivity index (χ3n) is 3.51. The molecule has 0 unspecified atom stereocenters. The minimum absolute atomic E-state index is 0.0232. The van der Waals surface area contributed by atoms with E-state index in [1.165, 1.54) is 37.4 Å². The van der Waals surface area contributed by atoms with E-state index in [9.17, 15) is 17.6 Å². The van der Waals surface area contributed by atoms with E-state index in [1.54, 1.807) is 13.8 Å². The molecule has 0 bridgehead atoms. The Morgan fingerprint density at radius 1 is 1.22 bits per heavy atom. The van der Waals surface area contributed by atoms with E-state index >= 15 is 0 Å². The predicted molar refractivity (Wildman–Crippen MR) is 102 cm³/mol. The molecule has 1 amide bonds. The molecule has 0 heterocycles. The van der Waals surface area contributed by atoms with Crippen LogP contribution in [0.5, 0.6) is 5.75 Å². The molecular formula is C18H20ClFN2O4S. The summed E-state index contributed by atoms with van der Waals surface area (Å²) in [5, 5.41) is 2.79. The number of ether oxygens (including phenoxy) is 1. The second-order valence-electron chi connectivity index (χ2n) is 6.10. The second kappa shape index (κ2) is 8.69. The highest BCUT2D eigenvalue weighted by Gasteiger charge is 2.19. The molecule has 27 heavy (non-hydrogen) atoms. The Hall–Kier alpha value is -2.16. The largest absolute Gasteiger partial charge is 0.495 e. The van der Waals surface area contributed by atoms with Crippen LogP contribution in [-0.4, -0.2) is 27.5 Å². The van der Waals surface area contributed by atoms with Gasteiger partial charge in [-0.1, -0.05) is 17.7 Å². The number of rotatable bonds is 7. The Labute approximate surface area is 162 Å². The average Bonchev–Trinajstić information content (AvgIpc) is 2.56. The van der Waals surface area contributed by atoms with E-state index in [0.717, 1.165) is 6.07 Å². The lowest BCUT2D eigenvalue weighted by Crippen LogP contribution is -2.30. The van der Waals surface area contributed by atoms with Crippen molar-refractivity contribution >= 4 is 33.2 Å². The molecular weight excluding hydrogens is 395 g/mol. The third kappa shape index (κ3) is 5.66. The van der Waals surface area contributed by atoms with Crippen molar-refractivity contribution in [2.24, 2.45) is 0 Å². The number of benzene rings is 2. The quantitative estimate of drug-likeness (QED) is 0.727. The van der Waals surface area contributed by atoms with Crippen LogP contribution in [0.3, 0.4) is 0 Å². The smallest absolute Gasteiger partial charge is 0.240 e. The van der Waals surface area contributed by atoms with Crippen molar-refractivity contribution in [3.63, 3.8) is 0 Å². The summed E-state index contributed by atoms with van der Waals surface area (Å²) >= 11 is 5.70. The third-order valence-corrected chi connectivity index (χ3v) is 5.40. The molecule has 2 aromatic carbocycles. The van der Waals surface area contributed by atoms with Crippen molar-refractivity contribution in [2.75, 3.05) is 12.4 Å². The number of carbonyl (C=O) groups excluding carboxylic acids is 1. The fraction of sp³-hybridized carbons (Fsp3) is 0.278. The number of anilines is 1. The van der Waals surface area contributed by atoms with E-state index < -0.39 is 21.7 Å². The van der Waals surface area contributed by atoms with Gasteiger partial charge in [-0.2, -0.15) is 0 Å². The van der Waals surface area contributed by atoms with Crippen LogP contribution in [0.1, 0.15) is 19.4 Å². The van der Waals surface area contributed by atoms with Crippen LogP contribution in [0.25, 0.3) is 0 Å². The zero-order valence-corrected chi connectivity index (χ0v) is 16.6. The van der Waals surface area contributed by atoms with Crippen LogP contribution >= 0.6 is 11.6 Å². The molecule has 0 aliphatic heterocycles. The van der Waals surface area contributed by atoms with Crippen LogP contribution in [0.4, 0.5) is 10.1 Å². The normalized spacial score (nSPS) is 11.5. The zero-order valence-electron chi connectivity index (χ0n) is 15.0. The molecule has 2 aromatic rings. The first-order valence-corrected chi connectivity index (χ1v) is 9.92. The first-order valence-electron chi connectivity index (χ1n) is 8.06. The maximum atomic E-state index is 13.9. The Balaban J connectivity index is 2.26. The first-order chi connectivity index (χ1) is 12.6. The molecule has 0 radical (unpaired) electrons. The molecule has 6 nitrogen and oxygen atoms in total. The summed E-state index contributed by atoms with van der Waals surface area (Å²) in [6.45, 7) is 3.40. The molecule has 0 aliphatic carbocycles. The van der Waals surface area contributed by atoms with Crippen molar-refractivity contribution in [3.8, 4) is 5.75 Å². The Kier molecular flexibility index (Phi) is 6.80. The number of halogens is 2. The average molecular weight is 415 g/mol. The van der Waals surface area contributed by atoms with Gasteiger partial charge in [0.15, 0.2) is 0 Å². The predicted octanol–water partition coefficient (Wildman–Crippen LogP) is 3.36. The Morgan fingerprint density at radius 3 is 2.52 bits per heavy atom. The summed E-state index contributed by atoms with van der Waals surface area (Å²) in [5.41, 5.74) is 0.338. The van der Waals surface area contributed by atoms with Gasteiger partial charge in [-0.3, -0.25) is 4.79 Å². The van der Waals surface area contributed by atoms with Gasteiger partial charge >= 0.3 is 0 Å². The summed E-state index contributed by atoms with van der Waals surface area (Å²) < 4.78 is 46.1. The van der Waals surface area contributed by atoms with Gasteiger partial charge < -0.3 is 10.1 Å². The number of hydrogen-bond donors (Lipinski definition) is 2. The van der Waals surface area contributed by atoms with Gasteiger partial charge in [-0.05, 0) is 49.7 Å². The van der Waals surface area contributed by atoms with Gasteiger partial charge in [-0.15, -0.1) is 0 Å². The van der Waals surface area contributed by atoms with E-state index in [2.05, 4.69) is 10.0 Å². The summed E-state index contributed by atoms with van der Waals surface area (Å²) in [7, 11) is -2.35. The van der Waals surface area contributed by atoms with Crippen LogP contribution in [-0.2, 0) is 21.2 Å². The van der Waals surface area contributed by atoms with Gasteiger partial charge in [0.25, 0.3) is 0 Å². The number of carbonyl (C=O) groups is 1. The van der Waals surface area contributed by atoms with Crippen LogP contribution in [0.15, 0.2) is 41.3 Å². The number of sulfonamides is 1. The molecule has 0 aromatic heterocycles. The zero-order chi connectivity index (χ0) is 20.2. The summed E-state index contributed by atoms with van der Waals surface area (Å²) in [6, 6.07) is 7.84. The minimum Gasteiger partial charge on any atom is -0.495 e. The van der Waals surface area contributed by atoms with Crippen LogP contribution in [0.2, 0.25) is 5.02 Å². The highest BCUT2D eigenvalue weighted by molar-refractivity contribution is 7.89. The van der Waals surface area contributed by atoms with Gasteiger partial charge in [0.2, 0.25) is 15.9 Å². The maximum absolute atomic E-state index is 13.9. The highest BCUT2D eigenvalue weighted by atomic mass is 35.5. The van der Waals surface area contributed by atoms with E-state index in [1.807, 2.05) is 0 Å². The summed E-state index contributed by atoms with van der Waals surface area (Å²) in [6.07, 6.45) is -0.243. The number of amides is 1. The van der Waals surface area contributed by atoms with Crippen molar-refractivity contribution in [1.29, 1.82) is 0 Å². The molecule has 0 saturated heterocycles. The summed E-state index contributed by atoms with van der Waals surface area (Å²) in [4.78, 5) is 12.3. The maximum Gasteiger partial charge on any atom is 0.240 e. The van der Waals surface area contributed by atoms with Crippen molar-refractivity contribution < 1.29 is 22.3 Å². The Bertz CT molecular complexity index is 948. The molecule has 0 atom stereocenters. The van der Waals surface area contributed by atoms with Crippen LogP contribution in [0, 0.1) is 5.82 Å². The van der Waals surface area contributed by atoms with Crippen molar-refractivity contribution in [1.82, 2.24) is 4.72 Å². The molecule has 0 aliphatic rings. The molecule has 0 saturated carbocycles. The molecule has 0 fully saturated rings. The minimum atomic E-state index is -3.74. The van der Waals surface area contributed by atoms with Crippen molar-refractivity contribution in [2.45, 2.75) is 31.2 Å². The SMILES string of the molecule is COc1ccc(S(=O)(=O)NC(C)C)cc1NC(=O)Cc1ccc(Cl)cc1F. The van der Waals surface area contributed by atoms with E-state index in [-0.39, 0.29) is 39.4 Å². The Morgan fingerprint density at radius 2 is 1.93 bits per heavy atom. The molecule has 2 rings (SSSR count). The van der Waals surface area contributed by atoms with E-state index in [0.29, 0.717) is 0 Å². The van der Waals surface area contributed by atoms with Gasteiger partial charge in [-0.25, -0.2) is 17.5 Å². The molecule has 146 valence electrons. The topological polar surface area (TPSA) is 84.5 Å². The first kappa shape index (κ1) is 21.1. The fourth-order valence-corrected chi connectivity index (χ4v) is 3.80. The molecule has 2 N–H and O–H groups in total. The lowest BCUT2D eigenvalue weighted by molar-refractivity contribution is -0.115. The highest BCUT2D eigenvalue weighted by Crippen LogP contribution is 2.28. The number of nitrogens with one attached hydrogen (secondary N) is 2. The van der Waals surface area contributed by atoms with Gasteiger partial charge in [0, 0.05) is 11.1 Å². The van der Waals surface area contributed by atoms with Gasteiger partial charge in [0.1, 0.15) is 11.6 Å². The molecule has 9 heteroatoms. The van der Waals surface area contributed by atoms with Gasteiger partial charge in [0.05, 0.1) is 24.1 Å². The fourth-order valence-electron chi connectivity index (χ4n) is 2.36. The van der Waals surface area contributed by atoms with Crippen molar-refractivity contribution in [3.05, 3.63) is 52.8 Å². The van der Waals surface area contributed by atoms with E-state index in [4.69, 9.17) is 16.3 Å².